The molecule has 1 saturated carbocycles. The van der Waals surface area contributed by atoms with E-state index in [-0.39, 0.29) is 11.9 Å². The van der Waals surface area contributed by atoms with Crippen LogP contribution in [0.5, 0.6) is 5.75 Å². The molecule has 82 valence electrons. The van der Waals surface area contributed by atoms with Crippen LogP contribution in [0, 0.1) is 11.7 Å². The summed E-state index contributed by atoms with van der Waals surface area (Å²) in [5, 5.41) is 0. The lowest BCUT2D eigenvalue weighted by Gasteiger charge is -2.11. The maximum Gasteiger partial charge on any atom is 0.130 e. The van der Waals surface area contributed by atoms with Crippen molar-refractivity contribution in [1.82, 2.24) is 0 Å². The minimum atomic E-state index is -0.217. The van der Waals surface area contributed by atoms with Crippen molar-refractivity contribution in [2.75, 3.05) is 7.11 Å². The van der Waals surface area contributed by atoms with Crippen LogP contribution in [0.2, 0.25) is 0 Å². The molecule has 3 heteroatoms. The van der Waals surface area contributed by atoms with Gasteiger partial charge in [0.1, 0.15) is 11.6 Å². The highest BCUT2D eigenvalue weighted by Crippen LogP contribution is 2.33. The molecule has 0 amide bonds. The molecule has 1 atom stereocenters. The number of halogens is 1. The standard InChI is InChI=1S/C12H16FNO/c1-15-10-5-4-9(11(13)7-10)6-12(14)8-2-3-8/h4-5,7-8,12H,2-3,6,14H2,1H3. The predicted molar refractivity (Wildman–Crippen MR) is 57.4 cm³/mol. The van der Waals surface area contributed by atoms with Crippen molar-refractivity contribution in [1.29, 1.82) is 0 Å². The molecule has 0 heterocycles. The van der Waals surface area contributed by atoms with Gasteiger partial charge in [0.2, 0.25) is 0 Å². The van der Waals surface area contributed by atoms with Crippen LogP contribution in [-0.4, -0.2) is 13.2 Å². The summed E-state index contributed by atoms with van der Waals surface area (Å²) in [5.74, 6) is 0.938. The lowest BCUT2D eigenvalue weighted by atomic mass is 10.0. The van der Waals surface area contributed by atoms with Crippen molar-refractivity contribution in [2.45, 2.75) is 25.3 Å². The van der Waals surface area contributed by atoms with E-state index in [1.54, 1.807) is 12.1 Å². The minimum absolute atomic E-state index is 0.105. The molecule has 0 saturated heterocycles. The molecule has 2 rings (SSSR count). The van der Waals surface area contributed by atoms with E-state index in [4.69, 9.17) is 10.5 Å². The Kier molecular flexibility index (Phi) is 2.91. The van der Waals surface area contributed by atoms with Gasteiger partial charge in [-0.3, -0.25) is 0 Å². The molecule has 0 aliphatic heterocycles. The van der Waals surface area contributed by atoms with Crippen LogP contribution in [0.15, 0.2) is 18.2 Å². The van der Waals surface area contributed by atoms with Crippen molar-refractivity contribution in [3.05, 3.63) is 29.6 Å². The third-order valence-corrected chi connectivity index (χ3v) is 2.94. The summed E-state index contributed by atoms with van der Waals surface area (Å²) in [6.07, 6.45) is 3.01. The zero-order chi connectivity index (χ0) is 10.8. The molecule has 1 aliphatic rings. The quantitative estimate of drug-likeness (QED) is 0.824. The zero-order valence-corrected chi connectivity index (χ0v) is 8.87. The minimum Gasteiger partial charge on any atom is -0.497 e. The Balaban J connectivity index is 2.07. The highest BCUT2D eigenvalue weighted by atomic mass is 19.1. The second kappa shape index (κ2) is 4.19. The number of hydrogen-bond donors (Lipinski definition) is 1. The molecule has 0 spiro atoms. The molecule has 1 aromatic rings. The van der Waals surface area contributed by atoms with Crippen LogP contribution in [0.1, 0.15) is 18.4 Å². The van der Waals surface area contributed by atoms with Crippen LogP contribution in [0.4, 0.5) is 4.39 Å². The van der Waals surface area contributed by atoms with E-state index >= 15 is 0 Å². The van der Waals surface area contributed by atoms with Gasteiger partial charge >= 0.3 is 0 Å². The molecule has 2 N–H and O–H groups in total. The Morgan fingerprint density at radius 1 is 1.53 bits per heavy atom. The van der Waals surface area contributed by atoms with Crippen molar-refractivity contribution in [2.24, 2.45) is 11.7 Å². The van der Waals surface area contributed by atoms with Gasteiger partial charge in [-0.15, -0.1) is 0 Å². The average Bonchev–Trinajstić information content (AvgIpc) is 3.04. The molecular weight excluding hydrogens is 193 g/mol. The summed E-state index contributed by atoms with van der Waals surface area (Å²) < 4.78 is 18.5. The van der Waals surface area contributed by atoms with Crippen LogP contribution in [0.25, 0.3) is 0 Å². The van der Waals surface area contributed by atoms with Gasteiger partial charge in [0.25, 0.3) is 0 Å². The zero-order valence-electron chi connectivity index (χ0n) is 8.87. The fourth-order valence-electron chi connectivity index (χ4n) is 1.77. The number of ether oxygens (including phenoxy) is 1. The smallest absolute Gasteiger partial charge is 0.130 e. The summed E-state index contributed by atoms with van der Waals surface area (Å²) in [6.45, 7) is 0. The second-order valence-corrected chi connectivity index (χ2v) is 4.16. The number of hydrogen-bond acceptors (Lipinski definition) is 2. The van der Waals surface area contributed by atoms with Gasteiger partial charge in [0, 0.05) is 12.1 Å². The molecule has 2 nitrogen and oxygen atoms in total. The predicted octanol–water partition coefficient (Wildman–Crippen LogP) is 2.11. The molecule has 0 bridgehead atoms. The van der Waals surface area contributed by atoms with Gasteiger partial charge in [-0.05, 0) is 36.8 Å². The Morgan fingerprint density at radius 2 is 2.27 bits per heavy atom. The van der Waals surface area contributed by atoms with Gasteiger partial charge in [0.15, 0.2) is 0 Å². The Bertz CT molecular complexity index is 349. The molecule has 0 radical (unpaired) electrons. The van der Waals surface area contributed by atoms with Crippen molar-refractivity contribution in [3.8, 4) is 5.75 Å². The van der Waals surface area contributed by atoms with E-state index in [1.807, 2.05) is 0 Å². The van der Waals surface area contributed by atoms with E-state index in [0.717, 1.165) is 0 Å². The number of nitrogens with two attached hydrogens (primary N) is 1. The topological polar surface area (TPSA) is 35.2 Å². The van der Waals surface area contributed by atoms with Crippen LogP contribution in [-0.2, 0) is 6.42 Å². The first-order valence-electron chi connectivity index (χ1n) is 5.28. The average molecular weight is 209 g/mol. The van der Waals surface area contributed by atoms with Crippen molar-refractivity contribution >= 4 is 0 Å². The number of benzene rings is 1. The normalized spacial score (nSPS) is 17.5. The van der Waals surface area contributed by atoms with E-state index in [9.17, 15) is 4.39 Å². The van der Waals surface area contributed by atoms with Crippen molar-refractivity contribution in [3.63, 3.8) is 0 Å². The first kappa shape index (κ1) is 10.4. The van der Waals surface area contributed by atoms with Crippen LogP contribution >= 0.6 is 0 Å². The SMILES string of the molecule is COc1ccc(CC(N)C2CC2)c(F)c1. The summed E-state index contributed by atoms with van der Waals surface area (Å²) in [7, 11) is 1.53. The fourth-order valence-corrected chi connectivity index (χ4v) is 1.77. The number of methoxy groups -OCH3 is 1. The lowest BCUT2D eigenvalue weighted by molar-refractivity contribution is 0.410. The van der Waals surface area contributed by atoms with Crippen LogP contribution < -0.4 is 10.5 Å². The van der Waals surface area contributed by atoms with Gasteiger partial charge in [0.05, 0.1) is 7.11 Å². The van der Waals surface area contributed by atoms with Gasteiger partial charge in [-0.25, -0.2) is 4.39 Å². The third kappa shape index (κ3) is 2.48. The first-order valence-corrected chi connectivity index (χ1v) is 5.28. The van der Waals surface area contributed by atoms with Gasteiger partial charge in [-0.1, -0.05) is 6.07 Å². The van der Waals surface area contributed by atoms with E-state index in [0.29, 0.717) is 23.7 Å². The summed E-state index contributed by atoms with van der Waals surface area (Å²) in [5.41, 5.74) is 6.64. The molecule has 1 aromatic carbocycles. The Morgan fingerprint density at radius 3 is 2.80 bits per heavy atom. The van der Waals surface area contributed by atoms with Gasteiger partial charge in [-0.2, -0.15) is 0 Å². The Hall–Kier alpha value is -1.09. The number of rotatable bonds is 4. The molecular formula is C12H16FNO. The van der Waals surface area contributed by atoms with E-state index in [2.05, 4.69) is 0 Å². The summed E-state index contributed by atoms with van der Waals surface area (Å²) in [4.78, 5) is 0. The molecule has 0 aromatic heterocycles. The summed E-state index contributed by atoms with van der Waals surface area (Å²) >= 11 is 0. The molecule has 1 aliphatic carbocycles. The summed E-state index contributed by atoms with van der Waals surface area (Å²) in [6, 6.07) is 5.05. The van der Waals surface area contributed by atoms with Crippen LogP contribution in [0.3, 0.4) is 0 Å². The third-order valence-electron chi connectivity index (χ3n) is 2.94. The molecule has 1 fully saturated rings. The monoisotopic (exact) mass is 209 g/mol. The van der Waals surface area contributed by atoms with Crippen molar-refractivity contribution < 1.29 is 9.13 Å². The highest BCUT2D eigenvalue weighted by Gasteiger charge is 2.28. The maximum atomic E-state index is 13.5. The second-order valence-electron chi connectivity index (χ2n) is 4.16. The van der Waals surface area contributed by atoms with Gasteiger partial charge < -0.3 is 10.5 Å². The Labute approximate surface area is 89.2 Å². The van der Waals surface area contributed by atoms with E-state index in [1.165, 1.54) is 26.0 Å². The highest BCUT2D eigenvalue weighted by molar-refractivity contribution is 5.29. The molecule has 1 unspecified atom stereocenters. The lowest BCUT2D eigenvalue weighted by Crippen LogP contribution is -2.25. The molecule has 15 heavy (non-hydrogen) atoms. The fraction of sp³-hybridized carbons (Fsp3) is 0.500. The first-order chi connectivity index (χ1) is 7.20. The van der Waals surface area contributed by atoms with E-state index < -0.39 is 0 Å². The largest absolute Gasteiger partial charge is 0.497 e. The maximum absolute atomic E-state index is 13.5.